The molecule has 5 nitrogen and oxygen atoms in total. The van der Waals surface area contributed by atoms with Crippen molar-refractivity contribution in [2.45, 2.75) is 83.5 Å². The van der Waals surface area contributed by atoms with Gasteiger partial charge in [-0.2, -0.15) is 0 Å². The Labute approximate surface area is 160 Å². The van der Waals surface area contributed by atoms with Crippen molar-refractivity contribution in [2.75, 3.05) is 18.1 Å². The van der Waals surface area contributed by atoms with E-state index in [9.17, 15) is 13.2 Å². The van der Waals surface area contributed by atoms with Crippen LogP contribution in [0.25, 0.3) is 0 Å². The molecule has 0 aromatic carbocycles. The third-order valence-electron chi connectivity index (χ3n) is 6.36. The van der Waals surface area contributed by atoms with Crippen LogP contribution in [0.15, 0.2) is 0 Å². The van der Waals surface area contributed by atoms with Crippen molar-refractivity contribution < 1.29 is 22.4 Å². The zero-order valence-electron chi connectivity index (χ0n) is 17.0. The van der Waals surface area contributed by atoms with Gasteiger partial charge in [-0.25, -0.2) is 8.42 Å². The van der Waals surface area contributed by atoms with E-state index in [-0.39, 0.29) is 41.0 Å². The van der Waals surface area contributed by atoms with E-state index in [2.05, 4.69) is 33.9 Å². The Morgan fingerprint density at radius 3 is 2.15 bits per heavy atom. The summed E-state index contributed by atoms with van der Waals surface area (Å²) < 4.78 is 34.9. The van der Waals surface area contributed by atoms with Gasteiger partial charge in [-0.15, -0.1) is 0 Å². The lowest BCUT2D eigenvalue weighted by Gasteiger charge is -2.38. The SMILES string of the molecule is CC(C)(C)[Si](C)(C)OCC1CCC(OC(=O)CC2CCS(=O)(=O)C2)CC1. The van der Waals surface area contributed by atoms with Crippen molar-refractivity contribution in [3.05, 3.63) is 0 Å². The Morgan fingerprint density at radius 2 is 1.65 bits per heavy atom. The van der Waals surface area contributed by atoms with Crippen LogP contribution in [-0.4, -0.2) is 46.9 Å². The number of rotatable bonds is 6. The van der Waals surface area contributed by atoms with Crippen LogP contribution in [0.1, 0.15) is 59.3 Å². The first-order valence-electron chi connectivity index (χ1n) is 9.92. The summed E-state index contributed by atoms with van der Waals surface area (Å²) in [6.07, 6.45) is 4.67. The summed E-state index contributed by atoms with van der Waals surface area (Å²) in [5.74, 6) is 0.623. The van der Waals surface area contributed by atoms with Crippen molar-refractivity contribution in [2.24, 2.45) is 11.8 Å². The minimum absolute atomic E-state index is 0.00960. The molecule has 2 aliphatic rings. The molecule has 0 spiro atoms. The van der Waals surface area contributed by atoms with Crippen LogP contribution in [0.4, 0.5) is 0 Å². The van der Waals surface area contributed by atoms with Crippen molar-refractivity contribution in [1.29, 1.82) is 0 Å². The molecule has 26 heavy (non-hydrogen) atoms. The van der Waals surface area contributed by atoms with Gasteiger partial charge in [0.1, 0.15) is 6.10 Å². The molecule has 0 aromatic rings. The van der Waals surface area contributed by atoms with E-state index in [1.54, 1.807) is 0 Å². The van der Waals surface area contributed by atoms with Gasteiger partial charge in [-0.05, 0) is 62.1 Å². The zero-order valence-corrected chi connectivity index (χ0v) is 18.9. The number of sulfone groups is 1. The number of carbonyl (C=O) groups is 1. The van der Waals surface area contributed by atoms with Crippen LogP contribution in [0.3, 0.4) is 0 Å². The predicted octanol–water partition coefficient (Wildman–Crippen LogP) is 3.94. The highest BCUT2D eigenvalue weighted by molar-refractivity contribution is 7.91. The number of carbonyl (C=O) groups excluding carboxylic acids is 1. The quantitative estimate of drug-likeness (QED) is 0.495. The summed E-state index contributed by atoms with van der Waals surface area (Å²) in [4.78, 5) is 12.1. The Hall–Kier alpha value is -0.403. The fraction of sp³-hybridized carbons (Fsp3) is 0.947. The van der Waals surface area contributed by atoms with Crippen LogP contribution in [0, 0.1) is 11.8 Å². The predicted molar refractivity (Wildman–Crippen MR) is 106 cm³/mol. The molecule has 0 amide bonds. The minimum atomic E-state index is -2.93. The van der Waals surface area contributed by atoms with Gasteiger partial charge in [0.2, 0.25) is 0 Å². The van der Waals surface area contributed by atoms with E-state index in [4.69, 9.17) is 9.16 Å². The third-order valence-corrected chi connectivity index (χ3v) is 12.7. The first-order chi connectivity index (χ1) is 11.9. The Morgan fingerprint density at radius 1 is 1.04 bits per heavy atom. The van der Waals surface area contributed by atoms with Gasteiger partial charge < -0.3 is 9.16 Å². The second-order valence-corrected chi connectivity index (χ2v) is 16.7. The summed E-state index contributed by atoms with van der Waals surface area (Å²) >= 11 is 0. The topological polar surface area (TPSA) is 69.7 Å². The van der Waals surface area contributed by atoms with E-state index in [0.717, 1.165) is 32.3 Å². The molecule has 0 radical (unpaired) electrons. The first kappa shape index (κ1) is 21.9. The summed E-state index contributed by atoms with van der Waals surface area (Å²) in [6.45, 7) is 12.1. The molecule has 1 aliphatic carbocycles. The lowest BCUT2D eigenvalue weighted by molar-refractivity contribution is -0.152. The highest BCUT2D eigenvalue weighted by Crippen LogP contribution is 2.38. The second kappa shape index (κ2) is 8.31. The van der Waals surface area contributed by atoms with Crippen LogP contribution < -0.4 is 0 Å². The van der Waals surface area contributed by atoms with Crippen molar-refractivity contribution in [1.82, 2.24) is 0 Å². The minimum Gasteiger partial charge on any atom is -0.462 e. The lowest BCUT2D eigenvalue weighted by Crippen LogP contribution is -2.42. The summed E-state index contributed by atoms with van der Waals surface area (Å²) in [6, 6.07) is 0. The zero-order chi connectivity index (χ0) is 19.6. The molecule has 0 N–H and O–H groups in total. The van der Waals surface area contributed by atoms with Gasteiger partial charge >= 0.3 is 5.97 Å². The molecule has 1 saturated carbocycles. The molecule has 2 rings (SSSR count). The molecular formula is C19H36O5SSi. The standard InChI is InChI=1S/C19H36O5SSi/c1-19(2,3)26(4,5)23-13-15-6-8-17(9-7-15)24-18(20)12-16-10-11-25(21,22)14-16/h15-17H,6-14H2,1-5H3. The number of esters is 1. The van der Waals surface area contributed by atoms with Gasteiger partial charge in [-0.1, -0.05) is 20.8 Å². The molecule has 1 aliphatic heterocycles. The maximum absolute atomic E-state index is 12.1. The highest BCUT2D eigenvalue weighted by atomic mass is 32.2. The molecule has 152 valence electrons. The maximum atomic E-state index is 12.1. The second-order valence-electron chi connectivity index (χ2n) is 9.68. The first-order valence-corrected chi connectivity index (χ1v) is 14.6. The normalized spacial score (nSPS) is 29.5. The number of hydrogen-bond acceptors (Lipinski definition) is 5. The van der Waals surface area contributed by atoms with Gasteiger partial charge in [-0.3, -0.25) is 4.79 Å². The van der Waals surface area contributed by atoms with E-state index >= 15 is 0 Å². The third kappa shape index (κ3) is 6.34. The van der Waals surface area contributed by atoms with Gasteiger partial charge in [0, 0.05) is 13.0 Å². The van der Waals surface area contributed by atoms with E-state index < -0.39 is 18.2 Å². The van der Waals surface area contributed by atoms with E-state index in [1.165, 1.54) is 0 Å². The average molecular weight is 405 g/mol. The molecule has 0 aromatic heterocycles. The monoisotopic (exact) mass is 404 g/mol. The fourth-order valence-electron chi connectivity index (χ4n) is 3.46. The molecule has 7 heteroatoms. The van der Waals surface area contributed by atoms with Crippen molar-refractivity contribution in [3.63, 3.8) is 0 Å². The highest BCUT2D eigenvalue weighted by Gasteiger charge is 2.38. The number of ether oxygens (including phenoxy) is 1. The summed E-state index contributed by atoms with van der Waals surface area (Å²) in [7, 11) is -4.63. The van der Waals surface area contributed by atoms with Crippen molar-refractivity contribution >= 4 is 24.1 Å². The Bertz CT molecular complexity index is 586. The lowest BCUT2D eigenvalue weighted by atomic mass is 9.88. The van der Waals surface area contributed by atoms with Crippen molar-refractivity contribution in [3.8, 4) is 0 Å². The molecule has 1 atom stereocenters. The fourth-order valence-corrected chi connectivity index (χ4v) is 6.41. The smallest absolute Gasteiger partial charge is 0.306 e. The number of hydrogen-bond donors (Lipinski definition) is 0. The molecular weight excluding hydrogens is 368 g/mol. The van der Waals surface area contributed by atoms with Gasteiger partial charge in [0.05, 0.1) is 11.5 Å². The molecule has 1 heterocycles. The van der Waals surface area contributed by atoms with Crippen LogP contribution in [0.5, 0.6) is 0 Å². The Kier molecular flexibility index (Phi) is 7.00. The van der Waals surface area contributed by atoms with Gasteiger partial charge in [0.15, 0.2) is 18.2 Å². The maximum Gasteiger partial charge on any atom is 0.306 e. The van der Waals surface area contributed by atoms with E-state index in [0.29, 0.717) is 12.3 Å². The molecule has 1 unspecified atom stereocenters. The molecule has 1 saturated heterocycles. The average Bonchev–Trinajstić information content (AvgIpc) is 2.84. The molecule has 0 bridgehead atoms. The van der Waals surface area contributed by atoms with Crippen LogP contribution >= 0.6 is 0 Å². The van der Waals surface area contributed by atoms with Crippen LogP contribution in [-0.2, 0) is 23.8 Å². The Balaban J connectivity index is 1.68. The van der Waals surface area contributed by atoms with Crippen LogP contribution in [0.2, 0.25) is 18.1 Å². The summed E-state index contributed by atoms with van der Waals surface area (Å²) in [5, 5.41) is 0.230. The van der Waals surface area contributed by atoms with E-state index in [1.807, 2.05) is 0 Å². The largest absolute Gasteiger partial charge is 0.462 e. The molecule has 2 fully saturated rings. The summed E-state index contributed by atoms with van der Waals surface area (Å²) in [5.41, 5.74) is 0. The van der Waals surface area contributed by atoms with Gasteiger partial charge in [0.25, 0.3) is 0 Å².